The van der Waals surface area contributed by atoms with Gasteiger partial charge in [-0.2, -0.15) is 13.2 Å². The van der Waals surface area contributed by atoms with Crippen LogP contribution >= 0.6 is 0 Å². The molecule has 9 heteroatoms. The highest BCUT2D eigenvalue weighted by Gasteiger charge is 2.35. The predicted octanol–water partition coefficient (Wildman–Crippen LogP) is 2.87. The number of morpholine rings is 1. The van der Waals surface area contributed by atoms with E-state index in [2.05, 4.69) is 20.4 Å². The summed E-state index contributed by atoms with van der Waals surface area (Å²) in [6, 6.07) is 4.90. The monoisotopic (exact) mass is 369 g/mol. The van der Waals surface area contributed by atoms with E-state index in [-0.39, 0.29) is 0 Å². The third-order valence-corrected chi connectivity index (χ3v) is 4.31. The van der Waals surface area contributed by atoms with Gasteiger partial charge in [-0.3, -0.25) is 4.90 Å². The van der Waals surface area contributed by atoms with Gasteiger partial charge in [0.25, 0.3) is 0 Å². The number of hydrogen-bond acceptors (Lipinski definition) is 5. The van der Waals surface area contributed by atoms with E-state index < -0.39 is 23.3 Å². The zero-order chi connectivity index (χ0) is 18.9. The first-order valence-corrected chi connectivity index (χ1v) is 8.45. The van der Waals surface area contributed by atoms with Gasteiger partial charge in [0, 0.05) is 13.1 Å². The van der Waals surface area contributed by atoms with Gasteiger partial charge in [0.2, 0.25) is 0 Å². The summed E-state index contributed by atoms with van der Waals surface area (Å²) in [6.07, 6.45) is -4.40. The minimum atomic E-state index is -4.40. The van der Waals surface area contributed by atoms with Crippen molar-refractivity contribution in [1.29, 1.82) is 0 Å². The van der Waals surface area contributed by atoms with Gasteiger partial charge in [-0.15, -0.1) is 5.10 Å². The average molecular weight is 369 g/mol. The molecule has 0 saturated carbocycles. The number of halogens is 3. The SMILES string of the molecule is CC(C)(C)n1nnnc1[C@H](c1cccc(C(F)(F)F)c1)N1CCOCC1. The summed E-state index contributed by atoms with van der Waals surface area (Å²) in [5.74, 6) is 0.527. The maximum atomic E-state index is 13.2. The molecule has 0 radical (unpaired) electrons. The molecule has 1 atom stereocenters. The van der Waals surface area contributed by atoms with Gasteiger partial charge in [0.05, 0.1) is 30.4 Å². The molecule has 1 aliphatic heterocycles. The fourth-order valence-corrected chi connectivity index (χ4v) is 3.09. The normalized spacial score (nSPS) is 18.1. The summed E-state index contributed by atoms with van der Waals surface area (Å²) < 4.78 is 46.7. The number of alkyl halides is 3. The summed E-state index contributed by atoms with van der Waals surface area (Å²) in [6.45, 7) is 8.09. The van der Waals surface area contributed by atoms with Crippen molar-refractivity contribution in [3.8, 4) is 0 Å². The number of benzene rings is 1. The molecule has 1 aromatic carbocycles. The molecule has 26 heavy (non-hydrogen) atoms. The van der Waals surface area contributed by atoms with Crippen molar-refractivity contribution in [3.05, 3.63) is 41.2 Å². The molecule has 0 bridgehead atoms. The second kappa shape index (κ2) is 6.96. The van der Waals surface area contributed by atoms with Gasteiger partial charge >= 0.3 is 6.18 Å². The molecule has 0 amide bonds. The van der Waals surface area contributed by atoms with Gasteiger partial charge in [-0.05, 0) is 48.9 Å². The fourth-order valence-electron chi connectivity index (χ4n) is 3.09. The second-order valence-corrected chi connectivity index (χ2v) is 7.29. The Bertz CT molecular complexity index is 747. The van der Waals surface area contributed by atoms with Crippen molar-refractivity contribution in [2.24, 2.45) is 0 Å². The smallest absolute Gasteiger partial charge is 0.379 e. The van der Waals surface area contributed by atoms with Crippen LogP contribution in [0.25, 0.3) is 0 Å². The standard InChI is InChI=1S/C17H22F3N5O/c1-16(2,3)25-15(21-22-23-25)14(24-7-9-26-10-8-24)12-5-4-6-13(11-12)17(18,19)20/h4-6,11,14H,7-10H2,1-3H3/t14-/m0/s1. The van der Waals surface area contributed by atoms with Gasteiger partial charge in [0.1, 0.15) is 0 Å². The molecular formula is C17H22F3N5O. The number of tetrazole rings is 1. The lowest BCUT2D eigenvalue weighted by atomic mass is 9.99. The van der Waals surface area contributed by atoms with Gasteiger partial charge in [-0.1, -0.05) is 12.1 Å². The highest BCUT2D eigenvalue weighted by Crippen LogP contribution is 2.35. The Labute approximate surface area is 149 Å². The number of aromatic nitrogens is 4. The Hall–Kier alpha value is -2.00. The van der Waals surface area contributed by atoms with E-state index >= 15 is 0 Å². The molecule has 1 saturated heterocycles. The Morgan fingerprint density at radius 1 is 1.12 bits per heavy atom. The first kappa shape index (κ1) is 18.8. The van der Waals surface area contributed by atoms with Crippen molar-refractivity contribution in [2.45, 2.75) is 38.5 Å². The first-order chi connectivity index (χ1) is 12.2. The van der Waals surface area contributed by atoms with Crippen molar-refractivity contribution in [2.75, 3.05) is 26.3 Å². The lowest BCUT2D eigenvalue weighted by Crippen LogP contribution is -2.41. The van der Waals surface area contributed by atoms with E-state index in [1.54, 1.807) is 10.7 Å². The van der Waals surface area contributed by atoms with Crippen LogP contribution in [0.4, 0.5) is 13.2 Å². The molecule has 0 unspecified atom stereocenters. The summed E-state index contributed by atoms with van der Waals surface area (Å²) >= 11 is 0. The molecule has 6 nitrogen and oxygen atoms in total. The van der Waals surface area contributed by atoms with E-state index in [0.717, 1.165) is 6.07 Å². The zero-order valence-electron chi connectivity index (χ0n) is 15.0. The van der Waals surface area contributed by atoms with Crippen LogP contribution in [0.3, 0.4) is 0 Å². The van der Waals surface area contributed by atoms with Gasteiger partial charge in [-0.25, -0.2) is 4.68 Å². The van der Waals surface area contributed by atoms with E-state index in [1.807, 2.05) is 20.8 Å². The molecule has 1 aliphatic rings. The van der Waals surface area contributed by atoms with E-state index in [0.29, 0.717) is 37.7 Å². The zero-order valence-corrected chi connectivity index (χ0v) is 15.0. The molecule has 1 aromatic heterocycles. The van der Waals surface area contributed by atoms with Gasteiger partial charge < -0.3 is 4.74 Å². The molecule has 0 spiro atoms. The van der Waals surface area contributed by atoms with Crippen LogP contribution < -0.4 is 0 Å². The topological polar surface area (TPSA) is 56.1 Å². The fraction of sp³-hybridized carbons (Fsp3) is 0.588. The van der Waals surface area contributed by atoms with Crippen LogP contribution in [-0.2, 0) is 16.5 Å². The van der Waals surface area contributed by atoms with Crippen molar-refractivity contribution in [1.82, 2.24) is 25.1 Å². The van der Waals surface area contributed by atoms with Crippen molar-refractivity contribution >= 4 is 0 Å². The first-order valence-electron chi connectivity index (χ1n) is 8.45. The number of rotatable bonds is 3. The molecule has 2 heterocycles. The third kappa shape index (κ3) is 3.88. The Kier molecular flexibility index (Phi) is 5.03. The van der Waals surface area contributed by atoms with Crippen LogP contribution in [0.1, 0.15) is 43.8 Å². The second-order valence-electron chi connectivity index (χ2n) is 7.29. The highest BCUT2D eigenvalue weighted by atomic mass is 19.4. The summed E-state index contributed by atoms with van der Waals surface area (Å²) in [5.41, 5.74) is -0.560. The van der Waals surface area contributed by atoms with Crippen molar-refractivity contribution in [3.63, 3.8) is 0 Å². The van der Waals surface area contributed by atoms with Crippen LogP contribution in [0.2, 0.25) is 0 Å². The van der Waals surface area contributed by atoms with Crippen LogP contribution in [0.15, 0.2) is 24.3 Å². The van der Waals surface area contributed by atoms with Gasteiger partial charge in [0.15, 0.2) is 5.82 Å². The van der Waals surface area contributed by atoms with Crippen LogP contribution in [0, 0.1) is 0 Å². The number of hydrogen-bond donors (Lipinski definition) is 0. The molecular weight excluding hydrogens is 347 g/mol. The summed E-state index contributed by atoms with van der Waals surface area (Å²) in [5, 5.41) is 12.0. The predicted molar refractivity (Wildman–Crippen MR) is 88.5 cm³/mol. The molecule has 1 fully saturated rings. The van der Waals surface area contributed by atoms with E-state index in [1.165, 1.54) is 12.1 Å². The summed E-state index contributed by atoms with van der Waals surface area (Å²) in [4.78, 5) is 2.06. The average Bonchev–Trinajstić information content (AvgIpc) is 3.05. The lowest BCUT2D eigenvalue weighted by Gasteiger charge is -2.35. The Morgan fingerprint density at radius 2 is 1.81 bits per heavy atom. The number of ether oxygens (including phenoxy) is 1. The maximum absolute atomic E-state index is 13.2. The van der Waals surface area contributed by atoms with Crippen LogP contribution in [-0.4, -0.2) is 51.4 Å². The molecule has 3 rings (SSSR count). The molecule has 142 valence electrons. The number of nitrogens with zero attached hydrogens (tertiary/aromatic N) is 5. The largest absolute Gasteiger partial charge is 0.416 e. The maximum Gasteiger partial charge on any atom is 0.416 e. The third-order valence-electron chi connectivity index (χ3n) is 4.31. The Balaban J connectivity index is 2.10. The van der Waals surface area contributed by atoms with Crippen molar-refractivity contribution < 1.29 is 17.9 Å². The Morgan fingerprint density at radius 3 is 2.42 bits per heavy atom. The molecule has 0 N–H and O–H groups in total. The summed E-state index contributed by atoms with van der Waals surface area (Å²) in [7, 11) is 0. The van der Waals surface area contributed by atoms with E-state index in [9.17, 15) is 13.2 Å². The molecule has 0 aliphatic carbocycles. The molecule has 2 aromatic rings. The lowest BCUT2D eigenvalue weighted by molar-refractivity contribution is -0.137. The van der Waals surface area contributed by atoms with E-state index in [4.69, 9.17) is 4.74 Å². The van der Waals surface area contributed by atoms with Crippen LogP contribution in [0.5, 0.6) is 0 Å². The highest BCUT2D eigenvalue weighted by molar-refractivity contribution is 5.31. The quantitative estimate of drug-likeness (QED) is 0.833. The minimum Gasteiger partial charge on any atom is -0.379 e. The minimum absolute atomic E-state index is 0.398.